The van der Waals surface area contributed by atoms with E-state index in [1.165, 1.54) is 14.2 Å². The standard InChI is InChI=1S/C12H19NO6/c1-12(2,3)19-11(16)13-7(9(14)17-4)6-8(13)10(15)18-5/h7-8H,6H2,1-5H3/t7-,8-/m1/s1. The van der Waals surface area contributed by atoms with E-state index < -0.39 is 35.7 Å². The summed E-state index contributed by atoms with van der Waals surface area (Å²) in [5.41, 5.74) is -0.714. The Kier molecular flexibility index (Phi) is 4.39. The van der Waals surface area contributed by atoms with Crippen molar-refractivity contribution < 1.29 is 28.6 Å². The van der Waals surface area contributed by atoms with Gasteiger partial charge in [0.05, 0.1) is 14.2 Å². The summed E-state index contributed by atoms with van der Waals surface area (Å²) in [7, 11) is 2.45. The highest BCUT2D eigenvalue weighted by molar-refractivity contribution is 5.90. The summed E-state index contributed by atoms with van der Waals surface area (Å²) in [5, 5.41) is 0. The molecule has 0 unspecified atom stereocenters. The second-order valence-electron chi connectivity index (χ2n) is 5.20. The van der Waals surface area contributed by atoms with E-state index in [4.69, 9.17) is 4.74 Å². The molecule has 7 nitrogen and oxygen atoms in total. The van der Waals surface area contributed by atoms with E-state index in [9.17, 15) is 14.4 Å². The normalized spacial score (nSPS) is 22.3. The number of likely N-dealkylation sites (tertiary alicyclic amines) is 1. The Morgan fingerprint density at radius 1 is 1.00 bits per heavy atom. The minimum atomic E-state index is -0.802. The first kappa shape index (κ1) is 15.3. The predicted octanol–water partition coefficient (Wildman–Crippen LogP) is 0.710. The Morgan fingerprint density at radius 2 is 1.42 bits per heavy atom. The van der Waals surface area contributed by atoms with Crippen LogP contribution in [0.2, 0.25) is 0 Å². The van der Waals surface area contributed by atoms with Crippen molar-refractivity contribution in [1.82, 2.24) is 4.90 Å². The first-order valence-corrected chi connectivity index (χ1v) is 5.88. The predicted molar refractivity (Wildman–Crippen MR) is 64.3 cm³/mol. The van der Waals surface area contributed by atoms with Gasteiger partial charge in [0.1, 0.15) is 17.7 Å². The lowest BCUT2D eigenvalue weighted by Crippen LogP contribution is -2.65. The average Bonchev–Trinajstić information content (AvgIpc) is 2.24. The fraction of sp³-hybridized carbons (Fsp3) is 0.750. The molecule has 108 valence electrons. The third kappa shape index (κ3) is 3.36. The molecule has 0 aromatic rings. The zero-order valence-electron chi connectivity index (χ0n) is 11.8. The molecule has 7 heteroatoms. The highest BCUT2D eigenvalue weighted by Gasteiger charge is 2.52. The van der Waals surface area contributed by atoms with Crippen LogP contribution in [0, 0.1) is 0 Å². The maximum Gasteiger partial charge on any atom is 0.411 e. The monoisotopic (exact) mass is 273 g/mol. The van der Waals surface area contributed by atoms with Crippen molar-refractivity contribution in [2.75, 3.05) is 14.2 Å². The van der Waals surface area contributed by atoms with Crippen LogP contribution >= 0.6 is 0 Å². The van der Waals surface area contributed by atoms with Gasteiger partial charge in [-0.3, -0.25) is 4.90 Å². The summed E-state index contributed by atoms with van der Waals surface area (Å²) in [6.07, 6.45) is -0.553. The van der Waals surface area contributed by atoms with Crippen LogP contribution in [0.4, 0.5) is 4.79 Å². The molecule has 1 aliphatic rings. The Morgan fingerprint density at radius 3 is 1.74 bits per heavy atom. The molecule has 1 heterocycles. The number of rotatable bonds is 2. The fourth-order valence-corrected chi connectivity index (χ4v) is 1.78. The van der Waals surface area contributed by atoms with Gasteiger partial charge in [-0.05, 0) is 20.8 Å². The van der Waals surface area contributed by atoms with Crippen molar-refractivity contribution in [1.29, 1.82) is 0 Å². The van der Waals surface area contributed by atoms with E-state index in [0.29, 0.717) is 0 Å². The topological polar surface area (TPSA) is 82.1 Å². The van der Waals surface area contributed by atoms with Gasteiger partial charge in [0.2, 0.25) is 0 Å². The van der Waals surface area contributed by atoms with Gasteiger partial charge in [-0.25, -0.2) is 14.4 Å². The Bertz CT molecular complexity index is 364. The van der Waals surface area contributed by atoms with Gasteiger partial charge in [-0.1, -0.05) is 0 Å². The van der Waals surface area contributed by atoms with Crippen LogP contribution in [0.25, 0.3) is 0 Å². The third-order valence-electron chi connectivity index (χ3n) is 2.67. The van der Waals surface area contributed by atoms with Crippen LogP contribution < -0.4 is 0 Å². The van der Waals surface area contributed by atoms with Crippen molar-refractivity contribution in [3.05, 3.63) is 0 Å². The molecule has 0 aliphatic carbocycles. The molecular formula is C12H19NO6. The lowest BCUT2D eigenvalue weighted by Gasteiger charge is -2.44. The van der Waals surface area contributed by atoms with Gasteiger partial charge in [0.25, 0.3) is 0 Å². The molecule has 1 saturated heterocycles. The number of esters is 2. The van der Waals surface area contributed by atoms with E-state index in [-0.39, 0.29) is 6.42 Å². The minimum Gasteiger partial charge on any atom is -0.467 e. The number of carbonyl (C=O) groups is 3. The molecule has 0 bridgehead atoms. The quantitative estimate of drug-likeness (QED) is 0.544. The van der Waals surface area contributed by atoms with Gasteiger partial charge in [-0.2, -0.15) is 0 Å². The second kappa shape index (κ2) is 5.46. The molecule has 19 heavy (non-hydrogen) atoms. The van der Waals surface area contributed by atoms with Crippen LogP contribution in [0.1, 0.15) is 27.2 Å². The van der Waals surface area contributed by atoms with Crippen LogP contribution in [-0.4, -0.2) is 54.8 Å². The molecule has 2 atom stereocenters. The number of methoxy groups -OCH3 is 2. The summed E-state index contributed by atoms with van der Waals surface area (Å²) in [6.45, 7) is 5.10. The molecule has 0 saturated carbocycles. The smallest absolute Gasteiger partial charge is 0.411 e. The molecule has 0 N–H and O–H groups in total. The van der Waals surface area contributed by atoms with Crippen molar-refractivity contribution >= 4 is 18.0 Å². The van der Waals surface area contributed by atoms with E-state index in [1.807, 2.05) is 0 Å². The van der Waals surface area contributed by atoms with E-state index >= 15 is 0 Å². The van der Waals surface area contributed by atoms with Crippen molar-refractivity contribution in [3.63, 3.8) is 0 Å². The molecular weight excluding hydrogens is 254 g/mol. The molecule has 1 fully saturated rings. The number of nitrogens with zero attached hydrogens (tertiary/aromatic N) is 1. The number of amides is 1. The second-order valence-corrected chi connectivity index (χ2v) is 5.20. The molecule has 0 radical (unpaired) electrons. The molecule has 0 spiro atoms. The molecule has 0 aromatic carbocycles. The summed E-state index contributed by atoms with van der Waals surface area (Å²) in [5.74, 6) is -1.16. The summed E-state index contributed by atoms with van der Waals surface area (Å²) < 4.78 is 14.3. The summed E-state index contributed by atoms with van der Waals surface area (Å²) >= 11 is 0. The first-order chi connectivity index (χ1) is 8.71. The van der Waals surface area contributed by atoms with Crippen LogP contribution in [0.3, 0.4) is 0 Å². The van der Waals surface area contributed by atoms with Gasteiger partial charge in [0.15, 0.2) is 0 Å². The van der Waals surface area contributed by atoms with Gasteiger partial charge >= 0.3 is 18.0 Å². The zero-order valence-corrected chi connectivity index (χ0v) is 11.8. The highest BCUT2D eigenvalue weighted by atomic mass is 16.6. The Labute approximate surface area is 111 Å². The number of carbonyl (C=O) groups excluding carboxylic acids is 3. The summed E-state index contributed by atoms with van der Waals surface area (Å²) in [4.78, 5) is 36.1. The van der Waals surface area contributed by atoms with E-state index in [0.717, 1.165) is 4.90 Å². The number of hydrogen-bond acceptors (Lipinski definition) is 6. The SMILES string of the molecule is COC(=O)[C@H]1C[C@H](C(=O)OC)N1C(=O)OC(C)(C)C. The van der Waals surface area contributed by atoms with E-state index in [1.54, 1.807) is 20.8 Å². The highest BCUT2D eigenvalue weighted by Crippen LogP contribution is 2.29. The molecule has 1 aliphatic heterocycles. The average molecular weight is 273 g/mol. The van der Waals surface area contributed by atoms with Crippen LogP contribution in [-0.2, 0) is 23.8 Å². The van der Waals surface area contributed by atoms with Gasteiger partial charge in [-0.15, -0.1) is 0 Å². The summed E-state index contributed by atoms with van der Waals surface area (Å²) in [6, 6.07) is -1.60. The molecule has 1 rings (SSSR count). The van der Waals surface area contributed by atoms with Crippen molar-refractivity contribution in [3.8, 4) is 0 Å². The molecule has 1 amide bonds. The fourth-order valence-electron chi connectivity index (χ4n) is 1.78. The maximum absolute atomic E-state index is 12.0. The number of ether oxygens (including phenoxy) is 3. The minimum absolute atomic E-state index is 0.179. The van der Waals surface area contributed by atoms with Crippen LogP contribution in [0.15, 0.2) is 0 Å². The van der Waals surface area contributed by atoms with Crippen LogP contribution in [0.5, 0.6) is 0 Å². The first-order valence-electron chi connectivity index (χ1n) is 5.88. The largest absolute Gasteiger partial charge is 0.467 e. The molecule has 0 aromatic heterocycles. The van der Waals surface area contributed by atoms with Gasteiger partial charge in [0, 0.05) is 6.42 Å². The lowest BCUT2D eigenvalue weighted by molar-refractivity contribution is -0.165. The lowest BCUT2D eigenvalue weighted by atomic mass is 9.93. The maximum atomic E-state index is 12.0. The van der Waals surface area contributed by atoms with Crippen molar-refractivity contribution in [2.24, 2.45) is 0 Å². The van der Waals surface area contributed by atoms with Gasteiger partial charge < -0.3 is 14.2 Å². The number of hydrogen-bond donors (Lipinski definition) is 0. The van der Waals surface area contributed by atoms with E-state index in [2.05, 4.69) is 9.47 Å². The Hall–Kier alpha value is -1.79. The zero-order chi connectivity index (χ0) is 14.8. The third-order valence-corrected chi connectivity index (χ3v) is 2.67. The Balaban J connectivity index is 2.84. The van der Waals surface area contributed by atoms with Crippen molar-refractivity contribution in [2.45, 2.75) is 44.9 Å².